The molecule has 2 aromatic rings. The molecule has 0 unspecified atom stereocenters. The van der Waals surface area contributed by atoms with E-state index in [1.807, 2.05) is 0 Å². The number of nitrogens with zero attached hydrogens (tertiary/aromatic N) is 1. The van der Waals surface area contributed by atoms with Crippen molar-refractivity contribution in [3.8, 4) is 0 Å². The predicted octanol–water partition coefficient (Wildman–Crippen LogP) is 1.85. The van der Waals surface area contributed by atoms with Crippen molar-refractivity contribution in [1.82, 2.24) is 15.6 Å². The molecule has 0 fully saturated rings. The van der Waals surface area contributed by atoms with Crippen LogP contribution in [-0.2, 0) is 17.9 Å². The second-order valence-electron chi connectivity index (χ2n) is 4.08. The van der Waals surface area contributed by atoms with Gasteiger partial charge in [0.1, 0.15) is 5.82 Å². The minimum atomic E-state index is -0.427. The first-order valence-corrected chi connectivity index (χ1v) is 6.96. The number of carbonyl (C=O) groups is 2. The summed E-state index contributed by atoms with van der Waals surface area (Å²) in [6.45, 7) is 0.529. The second-order valence-corrected chi connectivity index (χ2v) is 4.94. The Morgan fingerprint density at radius 3 is 3.00 bits per heavy atom. The average molecular weight is 308 g/mol. The maximum Gasteiger partial charge on any atom is 0.321 e. The van der Waals surface area contributed by atoms with E-state index in [-0.39, 0.29) is 12.4 Å². The van der Waals surface area contributed by atoms with Gasteiger partial charge in [0.2, 0.25) is 6.41 Å². The maximum absolute atomic E-state index is 13.0. The summed E-state index contributed by atoms with van der Waals surface area (Å²) in [5.41, 5.74) is 1.33. The van der Waals surface area contributed by atoms with Crippen LogP contribution in [0.4, 0.5) is 14.3 Å². The van der Waals surface area contributed by atoms with E-state index in [1.165, 1.54) is 23.5 Å². The monoisotopic (exact) mass is 308 g/mol. The molecular formula is C13H13FN4O2S. The standard InChI is InChI=1S/C13H13FN4O2S/c14-10-3-1-2-9(4-10)5-16-12(20)18-13-17-11(7-21-13)6-15-8-19/h1-4,7-8H,5-6H2,(H,15,19)(H2,16,17,18,20). The molecule has 1 heterocycles. The van der Waals surface area contributed by atoms with Crippen LogP contribution in [0.3, 0.4) is 0 Å². The van der Waals surface area contributed by atoms with Crippen LogP contribution in [0.25, 0.3) is 0 Å². The summed E-state index contributed by atoms with van der Waals surface area (Å²) in [5.74, 6) is -0.345. The van der Waals surface area contributed by atoms with Gasteiger partial charge in [-0.15, -0.1) is 11.3 Å². The van der Waals surface area contributed by atoms with Crippen molar-refractivity contribution in [2.24, 2.45) is 0 Å². The maximum atomic E-state index is 13.0. The third-order valence-corrected chi connectivity index (χ3v) is 3.29. The molecule has 2 rings (SSSR count). The highest BCUT2D eigenvalue weighted by molar-refractivity contribution is 7.13. The molecule has 0 aliphatic carbocycles. The number of thiazole rings is 1. The molecular weight excluding hydrogens is 295 g/mol. The Morgan fingerprint density at radius 1 is 1.38 bits per heavy atom. The summed E-state index contributed by atoms with van der Waals surface area (Å²) in [5, 5.41) is 9.82. The number of hydrogen-bond acceptors (Lipinski definition) is 4. The van der Waals surface area contributed by atoms with Crippen molar-refractivity contribution in [2.45, 2.75) is 13.1 Å². The minimum Gasteiger partial charge on any atom is -0.353 e. The van der Waals surface area contributed by atoms with Crippen LogP contribution in [0.1, 0.15) is 11.3 Å². The molecule has 3 N–H and O–H groups in total. The molecule has 1 aromatic heterocycles. The van der Waals surface area contributed by atoms with Crippen LogP contribution in [0.2, 0.25) is 0 Å². The zero-order valence-corrected chi connectivity index (χ0v) is 11.7. The van der Waals surface area contributed by atoms with E-state index in [0.717, 1.165) is 0 Å². The Labute approximate surface area is 124 Å². The summed E-state index contributed by atoms with van der Waals surface area (Å²) in [4.78, 5) is 26.0. The van der Waals surface area contributed by atoms with Crippen LogP contribution in [0.5, 0.6) is 0 Å². The van der Waals surface area contributed by atoms with Crippen molar-refractivity contribution >= 4 is 28.9 Å². The van der Waals surface area contributed by atoms with Gasteiger partial charge in [-0.05, 0) is 17.7 Å². The van der Waals surface area contributed by atoms with E-state index >= 15 is 0 Å². The number of anilines is 1. The van der Waals surface area contributed by atoms with Crippen molar-refractivity contribution in [1.29, 1.82) is 0 Å². The number of aromatic nitrogens is 1. The highest BCUT2D eigenvalue weighted by Gasteiger charge is 2.06. The number of urea groups is 1. The molecule has 3 amide bonds. The zero-order chi connectivity index (χ0) is 15.1. The lowest BCUT2D eigenvalue weighted by Crippen LogP contribution is -2.28. The van der Waals surface area contributed by atoms with Gasteiger partial charge in [0.25, 0.3) is 0 Å². The lowest BCUT2D eigenvalue weighted by atomic mass is 10.2. The topological polar surface area (TPSA) is 83.1 Å². The summed E-state index contributed by atoms with van der Waals surface area (Å²) in [6.07, 6.45) is 0.581. The first-order chi connectivity index (χ1) is 10.2. The number of rotatable bonds is 6. The zero-order valence-electron chi connectivity index (χ0n) is 10.9. The summed E-state index contributed by atoms with van der Waals surface area (Å²) in [7, 11) is 0. The van der Waals surface area contributed by atoms with Gasteiger partial charge in [0.15, 0.2) is 5.13 Å². The molecule has 0 saturated carbocycles. The molecule has 8 heteroatoms. The lowest BCUT2D eigenvalue weighted by Gasteiger charge is -2.05. The number of nitrogens with one attached hydrogen (secondary N) is 3. The molecule has 0 atom stereocenters. The summed E-state index contributed by atoms with van der Waals surface area (Å²) in [6, 6.07) is 5.57. The molecule has 0 radical (unpaired) electrons. The average Bonchev–Trinajstić information content (AvgIpc) is 2.90. The normalized spacial score (nSPS) is 9.95. The van der Waals surface area contributed by atoms with Gasteiger partial charge in [-0.2, -0.15) is 0 Å². The van der Waals surface area contributed by atoms with E-state index in [9.17, 15) is 14.0 Å². The number of halogens is 1. The summed E-state index contributed by atoms with van der Waals surface area (Å²) >= 11 is 1.25. The van der Waals surface area contributed by atoms with Crippen LogP contribution in [0, 0.1) is 5.82 Å². The molecule has 0 aliphatic heterocycles. The van der Waals surface area contributed by atoms with Crippen LogP contribution >= 0.6 is 11.3 Å². The first kappa shape index (κ1) is 14.9. The Balaban J connectivity index is 1.81. The van der Waals surface area contributed by atoms with Gasteiger partial charge in [-0.25, -0.2) is 14.2 Å². The Morgan fingerprint density at radius 2 is 2.24 bits per heavy atom. The van der Waals surface area contributed by atoms with Crippen LogP contribution < -0.4 is 16.0 Å². The van der Waals surface area contributed by atoms with E-state index in [1.54, 1.807) is 17.5 Å². The quantitative estimate of drug-likeness (QED) is 0.712. The minimum absolute atomic E-state index is 0.217. The highest BCUT2D eigenvalue weighted by atomic mass is 32.1. The van der Waals surface area contributed by atoms with E-state index in [2.05, 4.69) is 20.9 Å². The van der Waals surface area contributed by atoms with Crippen molar-refractivity contribution < 1.29 is 14.0 Å². The second kappa shape index (κ2) is 7.34. The fourth-order valence-electron chi connectivity index (χ4n) is 1.56. The van der Waals surface area contributed by atoms with Crippen molar-refractivity contribution in [3.63, 3.8) is 0 Å². The van der Waals surface area contributed by atoms with Gasteiger partial charge < -0.3 is 10.6 Å². The lowest BCUT2D eigenvalue weighted by molar-refractivity contribution is -0.109. The fraction of sp³-hybridized carbons (Fsp3) is 0.154. The molecule has 110 valence electrons. The number of carbonyl (C=O) groups excluding carboxylic acids is 2. The number of benzene rings is 1. The Bertz CT molecular complexity index is 632. The smallest absolute Gasteiger partial charge is 0.321 e. The van der Waals surface area contributed by atoms with Gasteiger partial charge in [-0.3, -0.25) is 10.1 Å². The molecule has 0 aliphatic rings. The Kier molecular flexibility index (Phi) is 5.22. The van der Waals surface area contributed by atoms with E-state index < -0.39 is 6.03 Å². The van der Waals surface area contributed by atoms with Crippen LogP contribution in [0.15, 0.2) is 29.6 Å². The molecule has 6 nitrogen and oxygen atoms in total. The number of hydrogen-bond donors (Lipinski definition) is 3. The molecule has 0 saturated heterocycles. The summed E-state index contributed by atoms with van der Waals surface area (Å²) < 4.78 is 13.0. The third-order valence-electron chi connectivity index (χ3n) is 2.48. The van der Waals surface area contributed by atoms with Gasteiger partial charge >= 0.3 is 6.03 Å². The number of amides is 3. The van der Waals surface area contributed by atoms with Gasteiger partial charge in [0.05, 0.1) is 12.2 Å². The van der Waals surface area contributed by atoms with Crippen molar-refractivity contribution in [3.05, 3.63) is 46.7 Å². The SMILES string of the molecule is O=CNCc1csc(NC(=O)NCc2cccc(F)c2)n1. The van der Waals surface area contributed by atoms with Crippen LogP contribution in [-0.4, -0.2) is 17.4 Å². The molecule has 0 bridgehead atoms. The van der Waals surface area contributed by atoms with E-state index in [0.29, 0.717) is 29.3 Å². The molecule has 21 heavy (non-hydrogen) atoms. The third kappa shape index (κ3) is 4.84. The van der Waals surface area contributed by atoms with Crippen molar-refractivity contribution in [2.75, 3.05) is 5.32 Å². The van der Waals surface area contributed by atoms with Gasteiger partial charge in [-0.1, -0.05) is 12.1 Å². The largest absolute Gasteiger partial charge is 0.353 e. The molecule has 0 spiro atoms. The Hall–Kier alpha value is -2.48. The first-order valence-electron chi connectivity index (χ1n) is 6.08. The van der Waals surface area contributed by atoms with Gasteiger partial charge in [0, 0.05) is 11.9 Å². The highest BCUT2D eigenvalue weighted by Crippen LogP contribution is 2.15. The predicted molar refractivity (Wildman–Crippen MR) is 77.3 cm³/mol. The van der Waals surface area contributed by atoms with E-state index in [4.69, 9.17) is 0 Å². The fourth-order valence-corrected chi connectivity index (χ4v) is 2.27. The molecule has 1 aromatic carbocycles.